The van der Waals surface area contributed by atoms with E-state index in [-0.39, 0.29) is 0 Å². The van der Waals surface area contributed by atoms with Crippen molar-refractivity contribution in [2.75, 3.05) is 0 Å². The SMILES string of the molecule is CC1CCCC1NC1CCCC1n1ccnc1. The Morgan fingerprint density at radius 2 is 1.94 bits per heavy atom. The van der Waals surface area contributed by atoms with Crippen molar-refractivity contribution in [3.63, 3.8) is 0 Å². The molecule has 3 heteroatoms. The van der Waals surface area contributed by atoms with Crippen molar-refractivity contribution in [2.24, 2.45) is 5.92 Å². The average molecular weight is 233 g/mol. The van der Waals surface area contributed by atoms with Crippen LogP contribution in [-0.2, 0) is 0 Å². The highest BCUT2D eigenvalue weighted by molar-refractivity contribution is 4.94. The molecule has 0 bridgehead atoms. The predicted molar refractivity (Wildman–Crippen MR) is 68.8 cm³/mol. The van der Waals surface area contributed by atoms with Gasteiger partial charge in [0.25, 0.3) is 0 Å². The number of hydrogen-bond acceptors (Lipinski definition) is 2. The second kappa shape index (κ2) is 4.81. The Labute approximate surface area is 104 Å². The molecule has 1 heterocycles. The van der Waals surface area contributed by atoms with E-state index in [4.69, 9.17) is 0 Å². The summed E-state index contributed by atoms with van der Waals surface area (Å²) in [5, 5.41) is 3.92. The molecule has 0 aliphatic heterocycles. The van der Waals surface area contributed by atoms with Crippen molar-refractivity contribution in [1.82, 2.24) is 14.9 Å². The summed E-state index contributed by atoms with van der Waals surface area (Å²) in [6.45, 7) is 2.39. The molecule has 4 atom stereocenters. The van der Waals surface area contributed by atoms with Crippen LogP contribution in [0.4, 0.5) is 0 Å². The van der Waals surface area contributed by atoms with Gasteiger partial charge in [0.1, 0.15) is 0 Å². The van der Waals surface area contributed by atoms with Crippen LogP contribution < -0.4 is 5.32 Å². The van der Waals surface area contributed by atoms with Gasteiger partial charge in [-0.15, -0.1) is 0 Å². The van der Waals surface area contributed by atoms with Gasteiger partial charge < -0.3 is 9.88 Å². The van der Waals surface area contributed by atoms with E-state index in [1.165, 1.54) is 38.5 Å². The molecule has 0 aromatic carbocycles. The van der Waals surface area contributed by atoms with Gasteiger partial charge >= 0.3 is 0 Å². The quantitative estimate of drug-likeness (QED) is 0.870. The lowest BCUT2D eigenvalue weighted by molar-refractivity contribution is 0.319. The van der Waals surface area contributed by atoms with Gasteiger partial charge in [-0.05, 0) is 38.0 Å². The van der Waals surface area contributed by atoms with Crippen molar-refractivity contribution in [3.8, 4) is 0 Å². The Morgan fingerprint density at radius 1 is 1.12 bits per heavy atom. The van der Waals surface area contributed by atoms with Gasteiger partial charge in [-0.3, -0.25) is 0 Å². The topological polar surface area (TPSA) is 29.9 Å². The van der Waals surface area contributed by atoms with Crippen LogP contribution in [0.3, 0.4) is 0 Å². The summed E-state index contributed by atoms with van der Waals surface area (Å²) in [6.07, 6.45) is 14.1. The second-order valence-corrected chi connectivity index (χ2v) is 5.80. The summed E-state index contributed by atoms with van der Waals surface area (Å²) in [5.41, 5.74) is 0. The lowest BCUT2D eigenvalue weighted by Crippen LogP contribution is -2.42. The van der Waals surface area contributed by atoms with Crippen LogP contribution in [0.1, 0.15) is 51.5 Å². The van der Waals surface area contributed by atoms with E-state index in [9.17, 15) is 0 Å². The summed E-state index contributed by atoms with van der Waals surface area (Å²) in [6, 6.07) is 2.05. The third-order valence-corrected chi connectivity index (χ3v) is 4.68. The van der Waals surface area contributed by atoms with Gasteiger partial charge in [0.15, 0.2) is 0 Å². The fourth-order valence-electron chi connectivity index (χ4n) is 3.63. The van der Waals surface area contributed by atoms with Crippen LogP contribution in [0.2, 0.25) is 0 Å². The van der Waals surface area contributed by atoms with E-state index >= 15 is 0 Å². The number of aromatic nitrogens is 2. The van der Waals surface area contributed by atoms with Crippen molar-refractivity contribution in [2.45, 2.75) is 63.6 Å². The maximum Gasteiger partial charge on any atom is 0.0949 e. The lowest BCUT2D eigenvalue weighted by Gasteiger charge is -2.27. The molecule has 0 spiro atoms. The minimum absolute atomic E-state index is 0.630. The van der Waals surface area contributed by atoms with E-state index < -0.39 is 0 Å². The molecule has 0 saturated heterocycles. The summed E-state index contributed by atoms with van der Waals surface area (Å²) in [4.78, 5) is 4.18. The number of imidazole rings is 1. The number of nitrogens with zero attached hydrogens (tertiary/aromatic N) is 2. The van der Waals surface area contributed by atoms with E-state index in [0.29, 0.717) is 12.1 Å². The molecular weight excluding hydrogens is 210 g/mol. The van der Waals surface area contributed by atoms with Gasteiger partial charge in [-0.25, -0.2) is 4.98 Å². The highest BCUT2D eigenvalue weighted by Crippen LogP contribution is 2.33. The lowest BCUT2D eigenvalue weighted by atomic mass is 10.0. The van der Waals surface area contributed by atoms with E-state index in [0.717, 1.165) is 12.0 Å². The molecule has 94 valence electrons. The Bertz CT molecular complexity index is 346. The summed E-state index contributed by atoms with van der Waals surface area (Å²) in [5.74, 6) is 0.860. The zero-order valence-electron chi connectivity index (χ0n) is 10.7. The third kappa shape index (κ3) is 2.25. The largest absolute Gasteiger partial charge is 0.333 e. The van der Waals surface area contributed by atoms with E-state index in [1.807, 2.05) is 12.5 Å². The summed E-state index contributed by atoms with van der Waals surface area (Å²) >= 11 is 0. The zero-order chi connectivity index (χ0) is 11.7. The van der Waals surface area contributed by atoms with E-state index in [2.05, 4.69) is 28.0 Å². The molecule has 0 amide bonds. The molecule has 2 aliphatic carbocycles. The normalized spacial score (nSPS) is 37.7. The minimum atomic E-state index is 0.630. The van der Waals surface area contributed by atoms with Gasteiger partial charge in [0.05, 0.1) is 6.33 Å². The first-order valence-corrected chi connectivity index (χ1v) is 7.08. The van der Waals surface area contributed by atoms with Crippen molar-refractivity contribution in [3.05, 3.63) is 18.7 Å². The first kappa shape index (κ1) is 11.3. The van der Waals surface area contributed by atoms with Crippen LogP contribution in [0.15, 0.2) is 18.7 Å². The van der Waals surface area contributed by atoms with Crippen molar-refractivity contribution >= 4 is 0 Å². The van der Waals surface area contributed by atoms with Crippen LogP contribution >= 0.6 is 0 Å². The molecule has 3 nitrogen and oxygen atoms in total. The molecular formula is C14H23N3. The van der Waals surface area contributed by atoms with Crippen LogP contribution in [0.25, 0.3) is 0 Å². The molecule has 0 radical (unpaired) electrons. The summed E-state index contributed by atoms with van der Waals surface area (Å²) < 4.78 is 2.30. The van der Waals surface area contributed by atoms with Gasteiger partial charge in [0.2, 0.25) is 0 Å². The summed E-state index contributed by atoms with van der Waals surface area (Å²) in [7, 11) is 0. The van der Waals surface area contributed by atoms with Crippen LogP contribution in [0.5, 0.6) is 0 Å². The standard InChI is InChI=1S/C14H23N3/c1-11-4-2-5-12(11)16-13-6-3-7-14(13)17-9-8-15-10-17/h8-14,16H,2-7H2,1H3. The zero-order valence-corrected chi connectivity index (χ0v) is 10.7. The Morgan fingerprint density at radius 3 is 2.65 bits per heavy atom. The van der Waals surface area contributed by atoms with E-state index in [1.54, 1.807) is 0 Å². The third-order valence-electron chi connectivity index (χ3n) is 4.68. The van der Waals surface area contributed by atoms with Gasteiger partial charge in [-0.1, -0.05) is 13.3 Å². The van der Waals surface area contributed by atoms with Crippen molar-refractivity contribution in [1.29, 1.82) is 0 Å². The second-order valence-electron chi connectivity index (χ2n) is 5.80. The number of nitrogens with one attached hydrogen (secondary N) is 1. The number of rotatable bonds is 3. The molecule has 1 aromatic rings. The highest BCUT2D eigenvalue weighted by Gasteiger charge is 2.32. The van der Waals surface area contributed by atoms with Gasteiger partial charge in [0, 0.05) is 30.5 Å². The first-order valence-electron chi connectivity index (χ1n) is 7.08. The first-order chi connectivity index (χ1) is 8.34. The molecule has 1 aromatic heterocycles. The fraction of sp³-hybridized carbons (Fsp3) is 0.786. The predicted octanol–water partition coefficient (Wildman–Crippen LogP) is 2.75. The molecule has 3 rings (SSSR count). The highest BCUT2D eigenvalue weighted by atomic mass is 15.1. The van der Waals surface area contributed by atoms with Crippen LogP contribution in [0, 0.1) is 5.92 Å². The Kier molecular flexibility index (Phi) is 3.19. The Hall–Kier alpha value is -0.830. The molecule has 2 saturated carbocycles. The molecule has 1 N–H and O–H groups in total. The average Bonchev–Trinajstić information content (AvgIpc) is 3.02. The number of hydrogen-bond donors (Lipinski definition) is 1. The monoisotopic (exact) mass is 233 g/mol. The molecule has 17 heavy (non-hydrogen) atoms. The molecule has 2 aliphatic rings. The van der Waals surface area contributed by atoms with Crippen molar-refractivity contribution < 1.29 is 0 Å². The maximum atomic E-state index is 4.18. The van der Waals surface area contributed by atoms with Crippen LogP contribution in [-0.4, -0.2) is 21.6 Å². The molecule has 2 fully saturated rings. The van der Waals surface area contributed by atoms with Gasteiger partial charge in [-0.2, -0.15) is 0 Å². The minimum Gasteiger partial charge on any atom is -0.333 e. The smallest absolute Gasteiger partial charge is 0.0949 e. The fourth-order valence-corrected chi connectivity index (χ4v) is 3.63. The maximum absolute atomic E-state index is 4.18. The Balaban J connectivity index is 1.66. The molecule has 4 unspecified atom stereocenters.